The number of anilines is 2. The van der Waals surface area contributed by atoms with E-state index in [1.54, 1.807) is 12.1 Å². The number of hydrogen-bond donors (Lipinski definition) is 2. The maximum atomic E-state index is 13.1. The second kappa shape index (κ2) is 8.96. The normalized spacial score (nSPS) is 11.0. The lowest BCUT2D eigenvalue weighted by Crippen LogP contribution is -2.16. The monoisotopic (exact) mass is 428 g/mol. The lowest BCUT2D eigenvalue weighted by Gasteiger charge is -2.14. The fourth-order valence-electron chi connectivity index (χ4n) is 2.87. The minimum atomic E-state index is -3.97. The summed E-state index contributed by atoms with van der Waals surface area (Å²) in [6.07, 6.45) is 0.190. The zero-order chi connectivity index (χ0) is 21.7. The molecule has 0 saturated heterocycles. The number of amides is 1. The number of rotatable bonds is 7. The van der Waals surface area contributed by atoms with Crippen LogP contribution in [-0.4, -0.2) is 21.4 Å². The number of halogens is 1. The standard InChI is InChI=1S/C22H21FN2O4S/c1-15-5-3-4-6-16(15)13-22(26)24-18-9-12-21(29-2)20(14-18)25-30(27,28)19-10-7-17(23)8-11-19/h3-12,14,25H,13H2,1-2H3,(H,24,26). The first kappa shape index (κ1) is 21.3. The summed E-state index contributed by atoms with van der Waals surface area (Å²) in [7, 11) is -2.57. The van der Waals surface area contributed by atoms with Gasteiger partial charge in [-0.1, -0.05) is 24.3 Å². The Bertz CT molecular complexity index is 1160. The van der Waals surface area contributed by atoms with Crippen LogP contribution in [0.5, 0.6) is 5.75 Å². The summed E-state index contributed by atoms with van der Waals surface area (Å²) in [5.74, 6) is -0.496. The smallest absolute Gasteiger partial charge is 0.262 e. The fourth-order valence-corrected chi connectivity index (χ4v) is 3.93. The number of benzene rings is 3. The number of aryl methyl sites for hydroxylation is 1. The number of sulfonamides is 1. The lowest BCUT2D eigenvalue weighted by atomic mass is 10.1. The molecule has 0 aliphatic carbocycles. The van der Waals surface area contributed by atoms with E-state index in [4.69, 9.17) is 4.74 Å². The van der Waals surface area contributed by atoms with Crippen molar-refractivity contribution in [2.45, 2.75) is 18.2 Å². The van der Waals surface area contributed by atoms with Gasteiger partial charge in [0.2, 0.25) is 5.91 Å². The molecule has 0 bridgehead atoms. The van der Waals surface area contributed by atoms with E-state index in [9.17, 15) is 17.6 Å². The average molecular weight is 428 g/mol. The molecule has 0 unspecified atom stereocenters. The number of hydrogen-bond acceptors (Lipinski definition) is 4. The van der Waals surface area contributed by atoms with Crippen molar-refractivity contribution in [2.24, 2.45) is 0 Å². The molecule has 0 heterocycles. The molecule has 8 heteroatoms. The molecule has 3 aromatic carbocycles. The average Bonchev–Trinajstić information content (AvgIpc) is 2.70. The van der Waals surface area contributed by atoms with Crippen molar-refractivity contribution in [1.29, 1.82) is 0 Å². The first-order chi connectivity index (χ1) is 14.3. The van der Waals surface area contributed by atoms with E-state index >= 15 is 0 Å². The van der Waals surface area contributed by atoms with Crippen molar-refractivity contribution in [3.63, 3.8) is 0 Å². The topological polar surface area (TPSA) is 84.5 Å². The van der Waals surface area contributed by atoms with Crippen molar-refractivity contribution < 1.29 is 22.3 Å². The zero-order valence-electron chi connectivity index (χ0n) is 16.5. The van der Waals surface area contributed by atoms with Crippen LogP contribution in [0.25, 0.3) is 0 Å². The highest BCUT2D eigenvalue weighted by atomic mass is 32.2. The highest BCUT2D eigenvalue weighted by molar-refractivity contribution is 7.92. The maximum Gasteiger partial charge on any atom is 0.262 e. The molecule has 6 nitrogen and oxygen atoms in total. The minimum absolute atomic E-state index is 0.0973. The van der Waals surface area contributed by atoms with Crippen LogP contribution >= 0.6 is 0 Å². The van der Waals surface area contributed by atoms with E-state index in [0.29, 0.717) is 5.69 Å². The molecular formula is C22H21FN2O4S. The van der Waals surface area contributed by atoms with E-state index < -0.39 is 15.8 Å². The maximum absolute atomic E-state index is 13.1. The van der Waals surface area contributed by atoms with E-state index in [2.05, 4.69) is 10.0 Å². The Morgan fingerprint density at radius 1 is 1.03 bits per heavy atom. The second-order valence-corrected chi connectivity index (χ2v) is 8.31. The Balaban J connectivity index is 1.80. The summed E-state index contributed by atoms with van der Waals surface area (Å²) in [5.41, 5.74) is 2.47. The molecule has 0 fully saturated rings. The van der Waals surface area contributed by atoms with Gasteiger partial charge in [0.05, 0.1) is 24.1 Å². The largest absolute Gasteiger partial charge is 0.495 e. The summed E-state index contributed by atoms with van der Waals surface area (Å²) in [6, 6.07) is 16.7. The van der Waals surface area contributed by atoms with Gasteiger partial charge in [0.25, 0.3) is 10.0 Å². The molecule has 0 spiro atoms. The van der Waals surface area contributed by atoms with E-state index in [1.165, 1.54) is 13.2 Å². The molecule has 0 radical (unpaired) electrons. The van der Waals surface area contributed by atoms with Gasteiger partial charge in [-0.2, -0.15) is 0 Å². The van der Waals surface area contributed by atoms with Gasteiger partial charge in [0.1, 0.15) is 11.6 Å². The molecule has 0 aliphatic heterocycles. The van der Waals surface area contributed by atoms with Crippen LogP contribution in [0.15, 0.2) is 71.6 Å². The van der Waals surface area contributed by atoms with Crippen molar-refractivity contribution in [2.75, 3.05) is 17.1 Å². The van der Waals surface area contributed by atoms with Crippen molar-refractivity contribution in [3.8, 4) is 5.75 Å². The quantitative estimate of drug-likeness (QED) is 0.593. The van der Waals surface area contributed by atoms with Gasteiger partial charge >= 0.3 is 0 Å². The molecule has 30 heavy (non-hydrogen) atoms. The first-order valence-corrected chi connectivity index (χ1v) is 10.6. The molecule has 156 valence electrons. The Kier molecular flexibility index (Phi) is 6.37. The molecular weight excluding hydrogens is 407 g/mol. The van der Waals surface area contributed by atoms with Gasteiger partial charge in [-0.15, -0.1) is 0 Å². The highest BCUT2D eigenvalue weighted by Crippen LogP contribution is 2.30. The van der Waals surface area contributed by atoms with E-state index in [0.717, 1.165) is 35.4 Å². The number of ether oxygens (including phenoxy) is 1. The predicted molar refractivity (Wildman–Crippen MR) is 114 cm³/mol. The lowest BCUT2D eigenvalue weighted by molar-refractivity contribution is -0.115. The van der Waals surface area contributed by atoms with Crippen LogP contribution < -0.4 is 14.8 Å². The molecule has 3 rings (SSSR count). The summed E-state index contributed by atoms with van der Waals surface area (Å²) in [4.78, 5) is 12.3. The highest BCUT2D eigenvalue weighted by Gasteiger charge is 2.17. The van der Waals surface area contributed by atoms with Crippen LogP contribution in [0.2, 0.25) is 0 Å². The van der Waals surface area contributed by atoms with Crippen molar-refractivity contribution >= 4 is 27.3 Å². The number of nitrogens with one attached hydrogen (secondary N) is 2. The van der Waals surface area contributed by atoms with E-state index in [-0.39, 0.29) is 28.7 Å². The Morgan fingerprint density at radius 3 is 2.40 bits per heavy atom. The second-order valence-electron chi connectivity index (χ2n) is 6.63. The number of methoxy groups -OCH3 is 1. The zero-order valence-corrected chi connectivity index (χ0v) is 17.3. The van der Waals surface area contributed by atoms with Crippen LogP contribution in [0.4, 0.5) is 15.8 Å². The summed E-state index contributed by atoms with van der Waals surface area (Å²) in [6.45, 7) is 1.93. The molecule has 3 aromatic rings. The van der Waals surface area contributed by atoms with Crippen LogP contribution in [0.1, 0.15) is 11.1 Å². The Hall–Kier alpha value is -3.39. The number of carbonyl (C=O) groups excluding carboxylic acids is 1. The molecule has 0 aliphatic rings. The molecule has 2 N–H and O–H groups in total. The molecule has 0 saturated carbocycles. The van der Waals surface area contributed by atoms with E-state index in [1.807, 2.05) is 31.2 Å². The minimum Gasteiger partial charge on any atom is -0.495 e. The van der Waals surface area contributed by atoms with Gasteiger partial charge < -0.3 is 10.1 Å². The van der Waals surface area contributed by atoms with Gasteiger partial charge in [-0.3, -0.25) is 9.52 Å². The van der Waals surface area contributed by atoms with Crippen LogP contribution in [0, 0.1) is 12.7 Å². The van der Waals surface area contributed by atoms with Gasteiger partial charge in [0.15, 0.2) is 0 Å². The van der Waals surface area contributed by atoms with Gasteiger partial charge in [-0.05, 0) is 60.5 Å². The third-order valence-corrected chi connectivity index (χ3v) is 5.85. The summed E-state index contributed by atoms with van der Waals surface area (Å²) >= 11 is 0. The summed E-state index contributed by atoms with van der Waals surface area (Å²) in [5, 5.41) is 2.76. The van der Waals surface area contributed by atoms with Gasteiger partial charge in [-0.25, -0.2) is 12.8 Å². The third-order valence-electron chi connectivity index (χ3n) is 4.46. The van der Waals surface area contributed by atoms with Crippen molar-refractivity contribution in [1.82, 2.24) is 0 Å². The SMILES string of the molecule is COc1ccc(NC(=O)Cc2ccccc2C)cc1NS(=O)(=O)c1ccc(F)cc1. The van der Waals surface area contributed by atoms with Crippen molar-refractivity contribution in [3.05, 3.63) is 83.7 Å². The molecule has 0 atom stereocenters. The Morgan fingerprint density at radius 2 is 1.73 bits per heavy atom. The van der Waals surface area contributed by atoms with Crippen LogP contribution in [0.3, 0.4) is 0 Å². The van der Waals surface area contributed by atoms with Gasteiger partial charge in [0, 0.05) is 5.69 Å². The number of carbonyl (C=O) groups is 1. The molecule has 1 amide bonds. The third kappa shape index (κ3) is 5.15. The fraction of sp³-hybridized carbons (Fsp3) is 0.136. The first-order valence-electron chi connectivity index (χ1n) is 9.09. The predicted octanol–water partition coefficient (Wildman–Crippen LogP) is 4.12. The molecule has 0 aromatic heterocycles. The summed E-state index contributed by atoms with van der Waals surface area (Å²) < 4.78 is 46.0. The Labute approximate surface area is 174 Å². The van der Waals surface area contributed by atoms with Crippen LogP contribution in [-0.2, 0) is 21.2 Å².